The molecule has 0 N–H and O–H groups in total. The lowest BCUT2D eigenvalue weighted by atomic mass is 10.1. The average molecular weight is 400 g/mol. The van der Waals surface area contributed by atoms with Crippen LogP contribution in [0.15, 0.2) is 48.7 Å². The lowest BCUT2D eigenvalue weighted by Crippen LogP contribution is -2.48. The van der Waals surface area contributed by atoms with Crippen LogP contribution in [0.4, 0.5) is 18.9 Å². The van der Waals surface area contributed by atoms with Crippen LogP contribution in [0.2, 0.25) is 0 Å². The molecule has 150 valence electrons. The number of carbonyl (C=O) groups excluding carboxylic acids is 1. The van der Waals surface area contributed by atoms with Crippen molar-refractivity contribution in [2.45, 2.75) is 0 Å². The van der Waals surface area contributed by atoms with Crippen LogP contribution in [0, 0.1) is 17.5 Å². The minimum atomic E-state index is -0.765. The third-order valence-corrected chi connectivity index (χ3v) is 5.00. The van der Waals surface area contributed by atoms with Crippen molar-refractivity contribution in [3.05, 3.63) is 71.7 Å². The molecule has 4 rings (SSSR count). The molecule has 0 bridgehead atoms. The summed E-state index contributed by atoms with van der Waals surface area (Å²) in [5, 5.41) is 4.22. The quantitative estimate of drug-likeness (QED) is 0.676. The fourth-order valence-electron chi connectivity index (χ4n) is 3.52. The van der Waals surface area contributed by atoms with Crippen molar-refractivity contribution in [3.8, 4) is 11.3 Å². The van der Waals surface area contributed by atoms with Crippen molar-refractivity contribution < 1.29 is 18.0 Å². The van der Waals surface area contributed by atoms with Crippen molar-refractivity contribution in [2.75, 3.05) is 31.1 Å². The van der Waals surface area contributed by atoms with E-state index in [1.807, 2.05) is 0 Å². The SMILES string of the molecule is Cn1cc(C(=O)N2CCN(c3ccc(F)cc3)CC2)c(-c2ccc(F)cc2F)n1. The van der Waals surface area contributed by atoms with E-state index < -0.39 is 11.6 Å². The Bertz CT molecular complexity index is 1040. The van der Waals surface area contributed by atoms with E-state index >= 15 is 0 Å². The van der Waals surface area contributed by atoms with Gasteiger partial charge in [-0.25, -0.2) is 13.2 Å². The molecule has 1 aromatic heterocycles. The molecule has 0 aliphatic carbocycles. The van der Waals surface area contributed by atoms with Crippen LogP contribution in [0.3, 0.4) is 0 Å². The highest BCUT2D eigenvalue weighted by Gasteiger charge is 2.27. The van der Waals surface area contributed by atoms with Crippen LogP contribution in [-0.2, 0) is 7.05 Å². The molecule has 29 heavy (non-hydrogen) atoms. The number of aryl methyl sites for hydroxylation is 1. The van der Waals surface area contributed by atoms with Crippen molar-refractivity contribution >= 4 is 11.6 Å². The Balaban J connectivity index is 1.53. The first-order valence-electron chi connectivity index (χ1n) is 9.21. The predicted octanol–water partition coefficient (Wildman–Crippen LogP) is 3.47. The molecule has 5 nitrogen and oxygen atoms in total. The van der Waals surface area contributed by atoms with Gasteiger partial charge in [-0.3, -0.25) is 9.48 Å². The number of hydrogen-bond donors (Lipinski definition) is 0. The first-order valence-corrected chi connectivity index (χ1v) is 9.21. The van der Waals surface area contributed by atoms with Gasteiger partial charge in [0.1, 0.15) is 23.1 Å². The van der Waals surface area contributed by atoms with E-state index in [2.05, 4.69) is 10.00 Å². The van der Waals surface area contributed by atoms with Gasteiger partial charge < -0.3 is 9.80 Å². The van der Waals surface area contributed by atoms with Gasteiger partial charge >= 0.3 is 0 Å². The zero-order valence-corrected chi connectivity index (χ0v) is 15.8. The Morgan fingerprint density at radius 1 is 0.931 bits per heavy atom. The molecule has 0 atom stereocenters. The summed E-state index contributed by atoms with van der Waals surface area (Å²) in [6, 6.07) is 9.45. The second-order valence-corrected chi connectivity index (χ2v) is 6.94. The normalized spacial score (nSPS) is 14.3. The van der Waals surface area contributed by atoms with Crippen LogP contribution in [-0.4, -0.2) is 46.8 Å². The van der Waals surface area contributed by atoms with E-state index in [-0.39, 0.29) is 28.5 Å². The second kappa shape index (κ2) is 7.62. The minimum Gasteiger partial charge on any atom is -0.368 e. The molecule has 1 aliphatic rings. The van der Waals surface area contributed by atoms with E-state index in [0.717, 1.165) is 17.8 Å². The van der Waals surface area contributed by atoms with Crippen LogP contribution >= 0.6 is 0 Å². The molecule has 0 unspecified atom stereocenters. The van der Waals surface area contributed by atoms with E-state index in [4.69, 9.17) is 0 Å². The summed E-state index contributed by atoms with van der Waals surface area (Å²) in [6.45, 7) is 2.13. The Morgan fingerprint density at radius 3 is 2.24 bits per heavy atom. The number of rotatable bonds is 3. The first-order chi connectivity index (χ1) is 13.9. The van der Waals surface area contributed by atoms with Gasteiger partial charge in [-0.05, 0) is 36.4 Å². The van der Waals surface area contributed by atoms with Gasteiger partial charge in [0.15, 0.2) is 0 Å². The second-order valence-electron chi connectivity index (χ2n) is 6.94. The smallest absolute Gasteiger partial charge is 0.257 e. The molecular weight excluding hydrogens is 381 g/mol. The lowest BCUT2D eigenvalue weighted by molar-refractivity contribution is 0.0747. The number of halogens is 3. The summed E-state index contributed by atoms with van der Waals surface area (Å²) >= 11 is 0. The van der Waals surface area contributed by atoms with E-state index in [0.29, 0.717) is 26.2 Å². The summed E-state index contributed by atoms with van der Waals surface area (Å²) in [6.07, 6.45) is 1.55. The summed E-state index contributed by atoms with van der Waals surface area (Å²) < 4.78 is 42.1. The summed E-state index contributed by atoms with van der Waals surface area (Å²) in [5.41, 5.74) is 1.44. The molecule has 0 saturated carbocycles. The summed E-state index contributed by atoms with van der Waals surface area (Å²) in [7, 11) is 1.65. The third kappa shape index (κ3) is 3.83. The van der Waals surface area contributed by atoms with E-state index in [1.54, 1.807) is 30.3 Å². The molecule has 1 saturated heterocycles. The Hall–Kier alpha value is -3.29. The van der Waals surface area contributed by atoms with Crippen molar-refractivity contribution in [2.24, 2.45) is 7.05 Å². The summed E-state index contributed by atoms with van der Waals surface area (Å²) in [5.74, 6) is -2.00. The summed E-state index contributed by atoms with van der Waals surface area (Å²) in [4.78, 5) is 16.8. The largest absolute Gasteiger partial charge is 0.368 e. The molecular formula is C21H19F3N4O. The molecule has 1 fully saturated rings. The van der Waals surface area contributed by atoms with Gasteiger partial charge in [0.05, 0.1) is 5.56 Å². The fourth-order valence-corrected chi connectivity index (χ4v) is 3.52. The average Bonchev–Trinajstić information content (AvgIpc) is 3.09. The molecule has 1 amide bonds. The molecule has 2 heterocycles. The van der Waals surface area contributed by atoms with Gasteiger partial charge in [-0.15, -0.1) is 0 Å². The number of nitrogens with zero attached hydrogens (tertiary/aromatic N) is 4. The van der Waals surface area contributed by atoms with E-state index in [1.165, 1.54) is 22.9 Å². The molecule has 8 heteroatoms. The Labute approximate surface area is 166 Å². The lowest BCUT2D eigenvalue weighted by Gasteiger charge is -2.36. The zero-order chi connectivity index (χ0) is 20.5. The number of piperazine rings is 1. The zero-order valence-electron chi connectivity index (χ0n) is 15.8. The molecule has 0 radical (unpaired) electrons. The monoisotopic (exact) mass is 400 g/mol. The fraction of sp³-hybridized carbons (Fsp3) is 0.238. The molecule has 2 aromatic carbocycles. The van der Waals surface area contributed by atoms with Gasteiger partial charge in [0.2, 0.25) is 0 Å². The number of carbonyl (C=O) groups is 1. The minimum absolute atomic E-state index is 0.0836. The van der Waals surface area contributed by atoms with Crippen LogP contribution in [0.25, 0.3) is 11.3 Å². The maximum atomic E-state index is 14.3. The third-order valence-electron chi connectivity index (χ3n) is 5.00. The van der Waals surface area contributed by atoms with Crippen LogP contribution in [0.1, 0.15) is 10.4 Å². The van der Waals surface area contributed by atoms with Crippen molar-refractivity contribution in [3.63, 3.8) is 0 Å². The van der Waals surface area contributed by atoms with Gasteiger partial charge in [-0.1, -0.05) is 0 Å². The topological polar surface area (TPSA) is 41.4 Å². The molecule has 0 spiro atoms. The number of benzene rings is 2. The molecule has 1 aliphatic heterocycles. The highest BCUT2D eigenvalue weighted by atomic mass is 19.1. The number of amides is 1. The predicted molar refractivity (Wildman–Crippen MR) is 103 cm³/mol. The van der Waals surface area contributed by atoms with Gasteiger partial charge in [-0.2, -0.15) is 5.10 Å². The number of anilines is 1. The first kappa shape index (κ1) is 19.0. The standard InChI is InChI=1S/C21H19F3N4O/c1-26-13-18(20(25-26)17-7-4-15(23)12-19(17)24)21(29)28-10-8-27(9-11-28)16-5-2-14(22)3-6-16/h2-7,12-13H,8-11H2,1H3. The van der Waals surface area contributed by atoms with Crippen LogP contribution < -0.4 is 4.90 Å². The van der Waals surface area contributed by atoms with Crippen molar-refractivity contribution in [1.82, 2.24) is 14.7 Å². The van der Waals surface area contributed by atoms with Gasteiger partial charge in [0.25, 0.3) is 5.91 Å². The van der Waals surface area contributed by atoms with Crippen molar-refractivity contribution in [1.29, 1.82) is 0 Å². The van der Waals surface area contributed by atoms with Gasteiger partial charge in [0, 0.05) is 56.7 Å². The number of aromatic nitrogens is 2. The highest BCUT2D eigenvalue weighted by Crippen LogP contribution is 2.27. The van der Waals surface area contributed by atoms with E-state index in [9.17, 15) is 18.0 Å². The maximum Gasteiger partial charge on any atom is 0.257 e. The molecule has 3 aromatic rings. The number of hydrogen-bond acceptors (Lipinski definition) is 3. The Morgan fingerprint density at radius 2 is 1.59 bits per heavy atom. The highest BCUT2D eigenvalue weighted by molar-refractivity contribution is 6.00. The van der Waals surface area contributed by atoms with Crippen LogP contribution in [0.5, 0.6) is 0 Å². The maximum absolute atomic E-state index is 14.3. The Kier molecular flexibility index (Phi) is 5.00.